The van der Waals surface area contributed by atoms with Crippen LogP contribution in [0, 0.1) is 5.92 Å². The van der Waals surface area contributed by atoms with Gasteiger partial charge in [0, 0.05) is 6.04 Å². The molecule has 1 heterocycles. The van der Waals surface area contributed by atoms with Crippen LogP contribution in [0.5, 0.6) is 5.75 Å². The molecule has 0 saturated carbocycles. The molecule has 3 rings (SSSR count). The summed E-state index contributed by atoms with van der Waals surface area (Å²) < 4.78 is 0. The van der Waals surface area contributed by atoms with E-state index < -0.39 is 0 Å². The number of phenols is 1. The molecule has 0 bridgehead atoms. The number of hydrogen-bond donors (Lipinski definition) is 1. The van der Waals surface area contributed by atoms with Crippen molar-refractivity contribution in [1.82, 2.24) is 4.90 Å². The summed E-state index contributed by atoms with van der Waals surface area (Å²) in [7, 11) is 0. The quantitative estimate of drug-likeness (QED) is 0.888. The number of rotatable bonds is 2. The first-order valence-corrected chi connectivity index (χ1v) is 8.10. The number of fused-ring (bicyclic) bond motifs is 2. The molecule has 2 unspecified atom stereocenters. The van der Waals surface area contributed by atoms with Gasteiger partial charge in [-0.25, -0.2) is 0 Å². The molecule has 0 radical (unpaired) electrons. The molecule has 1 aromatic carbocycles. The summed E-state index contributed by atoms with van der Waals surface area (Å²) in [5.41, 5.74) is 2.98. The van der Waals surface area contributed by atoms with Crippen molar-refractivity contribution in [3.63, 3.8) is 0 Å². The monoisotopic (exact) mass is 273 g/mol. The molecule has 2 nitrogen and oxygen atoms in total. The fraction of sp³-hybridized carbons (Fsp3) is 0.667. The Morgan fingerprint density at radius 1 is 1.35 bits per heavy atom. The molecule has 0 spiro atoms. The van der Waals surface area contributed by atoms with Crippen LogP contribution in [0.4, 0.5) is 0 Å². The Labute approximate surface area is 122 Å². The van der Waals surface area contributed by atoms with Crippen molar-refractivity contribution < 1.29 is 5.11 Å². The Morgan fingerprint density at radius 3 is 2.90 bits per heavy atom. The van der Waals surface area contributed by atoms with Crippen LogP contribution in [0.1, 0.15) is 51.2 Å². The first kappa shape index (κ1) is 13.9. The van der Waals surface area contributed by atoms with Crippen molar-refractivity contribution in [2.45, 2.75) is 57.9 Å². The van der Waals surface area contributed by atoms with E-state index in [0.717, 1.165) is 12.3 Å². The van der Waals surface area contributed by atoms with E-state index >= 15 is 0 Å². The van der Waals surface area contributed by atoms with E-state index in [9.17, 15) is 5.11 Å². The third-order valence-corrected chi connectivity index (χ3v) is 5.55. The smallest absolute Gasteiger partial charge is 0.115 e. The molecule has 1 aromatic rings. The van der Waals surface area contributed by atoms with Gasteiger partial charge in [0.1, 0.15) is 5.75 Å². The Balaban J connectivity index is 2.01. The molecule has 110 valence electrons. The number of piperidine rings is 1. The van der Waals surface area contributed by atoms with E-state index in [2.05, 4.69) is 31.7 Å². The van der Waals surface area contributed by atoms with E-state index in [4.69, 9.17) is 0 Å². The summed E-state index contributed by atoms with van der Waals surface area (Å²) in [5.74, 6) is 1.13. The van der Waals surface area contributed by atoms with E-state index in [-0.39, 0.29) is 5.41 Å². The first-order valence-electron chi connectivity index (χ1n) is 8.10. The Morgan fingerprint density at radius 2 is 2.15 bits per heavy atom. The van der Waals surface area contributed by atoms with Crippen molar-refractivity contribution in [3.8, 4) is 5.75 Å². The van der Waals surface area contributed by atoms with Gasteiger partial charge in [-0.15, -0.1) is 0 Å². The number of aromatic hydroxyl groups is 1. The van der Waals surface area contributed by atoms with E-state index in [1.807, 2.05) is 12.1 Å². The topological polar surface area (TPSA) is 23.5 Å². The van der Waals surface area contributed by atoms with E-state index in [1.54, 1.807) is 0 Å². The van der Waals surface area contributed by atoms with Gasteiger partial charge in [-0.1, -0.05) is 26.8 Å². The highest BCUT2D eigenvalue weighted by Crippen LogP contribution is 2.47. The molecule has 2 atom stereocenters. The largest absolute Gasteiger partial charge is 0.508 e. The van der Waals surface area contributed by atoms with Gasteiger partial charge in [0.15, 0.2) is 0 Å². The summed E-state index contributed by atoms with van der Waals surface area (Å²) in [5, 5.41) is 9.84. The highest BCUT2D eigenvalue weighted by atomic mass is 16.3. The second-order valence-electron chi connectivity index (χ2n) is 7.12. The summed E-state index contributed by atoms with van der Waals surface area (Å²) in [4.78, 5) is 2.71. The van der Waals surface area contributed by atoms with Gasteiger partial charge in [0.25, 0.3) is 0 Å². The molecule has 2 aliphatic rings. The van der Waals surface area contributed by atoms with Gasteiger partial charge in [-0.05, 0) is 73.4 Å². The van der Waals surface area contributed by atoms with E-state index in [0.29, 0.717) is 11.8 Å². The lowest BCUT2D eigenvalue weighted by Gasteiger charge is -2.52. The first-order chi connectivity index (χ1) is 9.54. The third-order valence-electron chi connectivity index (χ3n) is 5.55. The molecule has 1 fully saturated rings. The minimum atomic E-state index is 0.170. The zero-order valence-electron chi connectivity index (χ0n) is 13.0. The van der Waals surface area contributed by atoms with Crippen molar-refractivity contribution >= 4 is 0 Å². The van der Waals surface area contributed by atoms with Crippen molar-refractivity contribution in [1.29, 1.82) is 0 Å². The molecule has 20 heavy (non-hydrogen) atoms. The van der Waals surface area contributed by atoms with Crippen LogP contribution in [-0.4, -0.2) is 29.1 Å². The molecular weight excluding hydrogens is 246 g/mol. The van der Waals surface area contributed by atoms with Gasteiger partial charge < -0.3 is 5.11 Å². The van der Waals surface area contributed by atoms with Gasteiger partial charge in [0.05, 0.1) is 0 Å². The predicted octanol–water partition coefficient (Wildman–Crippen LogP) is 3.72. The average Bonchev–Trinajstić information content (AvgIpc) is 2.41. The highest BCUT2D eigenvalue weighted by Gasteiger charge is 2.45. The van der Waals surface area contributed by atoms with Crippen molar-refractivity contribution in [2.24, 2.45) is 5.92 Å². The lowest BCUT2D eigenvalue weighted by atomic mass is 9.60. The third kappa shape index (κ3) is 2.14. The fourth-order valence-corrected chi connectivity index (χ4v) is 4.57. The maximum atomic E-state index is 9.84. The molecule has 1 aliphatic carbocycles. The summed E-state index contributed by atoms with van der Waals surface area (Å²) in [6.07, 6.45) is 5.04. The second kappa shape index (κ2) is 5.07. The number of phenolic OH excluding ortho intramolecular Hbond substituents is 1. The molecule has 0 amide bonds. The Bertz CT molecular complexity index is 492. The Hall–Kier alpha value is -1.02. The van der Waals surface area contributed by atoms with Gasteiger partial charge in [-0.2, -0.15) is 0 Å². The molecular formula is C18H27NO. The van der Waals surface area contributed by atoms with Crippen LogP contribution in [0.25, 0.3) is 0 Å². The molecule has 2 heteroatoms. The molecule has 1 saturated heterocycles. The second-order valence-corrected chi connectivity index (χ2v) is 7.12. The summed E-state index contributed by atoms with van der Waals surface area (Å²) in [6.45, 7) is 9.52. The minimum Gasteiger partial charge on any atom is -0.508 e. The average molecular weight is 273 g/mol. The van der Waals surface area contributed by atoms with Crippen molar-refractivity contribution in [3.05, 3.63) is 29.3 Å². The normalized spacial score (nSPS) is 28.8. The van der Waals surface area contributed by atoms with Crippen molar-refractivity contribution in [2.75, 3.05) is 13.1 Å². The number of likely N-dealkylation sites (tertiary alicyclic amines) is 1. The van der Waals surface area contributed by atoms with Crippen LogP contribution in [0.2, 0.25) is 0 Å². The van der Waals surface area contributed by atoms with Gasteiger partial charge in [-0.3, -0.25) is 4.90 Å². The zero-order chi connectivity index (χ0) is 14.3. The lowest BCUT2D eigenvalue weighted by Crippen LogP contribution is -2.55. The summed E-state index contributed by atoms with van der Waals surface area (Å²) >= 11 is 0. The van der Waals surface area contributed by atoms with Crippen LogP contribution < -0.4 is 0 Å². The van der Waals surface area contributed by atoms with Crippen LogP contribution in [0.3, 0.4) is 0 Å². The minimum absolute atomic E-state index is 0.170. The zero-order valence-corrected chi connectivity index (χ0v) is 13.0. The van der Waals surface area contributed by atoms with Gasteiger partial charge in [0.2, 0.25) is 0 Å². The number of hydrogen-bond acceptors (Lipinski definition) is 2. The highest BCUT2D eigenvalue weighted by molar-refractivity contribution is 5.43. The number of nitrogens with zero attached hydrogens (tertiary/aromatic N) is 1. The van der Waals surface area contributed by atoms with E-state index in [1.165, 1.54) is 43.5 Å². The lowest BCUT2D eigenvalue weighted by molar-refractivity contribution is 0.0442. The number of benzene rings is 1. The maximum Gasteiger partial charge on any atom is 0.115 e. The maximum absolute atomic E-state index is 9.84. The fourth-order valence-electron chi connectivity index (χ4n) is 4.57. The Kier molecular flexibility index (Phi) is 3.53. The SMILES string of the molecule is CCCN1CCCC2C1Cc1ccc(O)cc1C2(C)C. The standard InChI is InChI=1S/C18H27NO/c1-4-9-19-10-5-6-15-17(19)11-13-7-8-14(20)12-16(13)18(15,2)3/h7-8,12,15,17,20H,4-6,9-11H2,1-3H3. The molecule has 1 aliphatic heterocycles. The van der Waals surface area contributed by atoms with Gasteiger partial charge >= 0.3 is 0 Å². The summed E-state index contributed by atoms with van der Waals surface area (Å²) in [6, 6.07) is 6.68. The van der Waals surface area contributed by atoms with Crippen LogP contribution >= 0.6 is 0 Å². The van der Waals surface area contributed by atoms with Crippen LogP contribution in [-0.2, 0) is 11.8 Å². The molecule has 1 N–H and O–H groups in total. The van der Waals surface area contributed by atoms with Crippen LogP contribution in [0.15, 0.2) is 18.2 Å². The predicted molar refractivity (Wildman–Crippen MR) is 83.2 cm³/mol. The molecule has 0 aromatic heterocycles.